The van der Waals surface area contributed by atoms with Crippen LogP contribution in [0.1, 0.15) is 41.0 Å². The van der Waals surface area contributed by atoms with Crippen molar-refractivity contribution >= 4 is 11.8 Å². The normalized spacial score (nSPS) is 8.67. The molecule has 0 saturated heterocycles. The number of nitrogens with two attached hydrogens (primary N) is 2. The van der Waals surface area contributed by atoms with Gasteiger partial charge >= 0.3 is 0 Å². The van der Waals surface area contributed by atoms with Crippen LogP contribution in [0, 0.1) is 0 Å². The lowest BCUT2D eigenvalue weighted by atomic mass is 10.1. The van der Waals surface area contributed by atoms with Crippen molar-refractivity contribution in [1.29, 1.82) is 0 Å². The number of hydrogen-bond donors (Lipinski definition) is 2. The molecule has 1 rings (SSSR count). The van der Waals surface area contributed by atoms with Gasteiger partial charge in [0, 0.05) is 11.1 Å². The predicted octanol–water partition coefficient (Wildman–Crippen LogP) is 1.30. The fraction of sp³-hybridized carbons (Fsp3) is 0.273. The predicted molar refractivity (Wildman–Crippen MR) is 59.4 cm³/mol. The number of carbonyl (C=O) groups is 2. The van der Waals surface area contributed by atoms with Gasteiger partial charge in [0.2, 0.25) is 11.8 Å². The number of carbonyl (C=O) groups excluding carboxylic acids is 2. The summed E-state index contributed by atoms with van der Waals surface area (Å²) >= 11 is 0. The number of amides is 2. The smallest absolute Gasteiger partial charge is 0.248 e. The van der Waals surface area contributed by atoms with Gasteiger partial charge in [-0.1, -0.05) is 20.3 Å². The highest BCUT2D eigenvalue weighted by Crippen LogP contribution is 2.02. The fourth-order valence-corrected chi connectivity index (χ4v) is 0.799. The van der Waals surface area contributed by atoms with Gasteiger partial charge in [0.1, 0.15) is 0 Å². The molecule has 0 aliphatic carbocycles. The van der Waals surface area contributed by atoms with Gasteiger partial charge in [0.15, 0.2) is 0 Å². The highest BCUT2D eigenvalue weighted by atomic mass is 16.1. The zero-order valence-electron chi connectivity index (χ0n) is 8.99. The van der Waals surface area contributed by atoms with E-state index in [9.17, 15) is 9.59 Å². The molecule has 0 bridgehead atoms. The first kappa shape index (κ1) is 13.2. The van der Waals surface area contributed by atoms with Crippen molar-refractivity contribution in [2.75, 3.05) is 0 Å². The lowest BCUT2D eigenvalue weighted by Crippen LogP contribution is -2.13. The lowest BCUT2D eigenvalue weighted by molar-refractivity contribution is 0.0988. The quantitative estimate of drug-likeness (QED) is 0.767. The Kier molecular flexibility index (Phi) is 5.78. The zero-order valence-corrected chi connectivity index (χ0v) is 8.99. The summed E-state index contributed by atoms with van der Waals surface area (Å²) < 4.78 is 0. The Hall–Kier alpha value is -1.84. The van der Waals surface area contributed by atoms with E-state index in [0.29, 0.717) is 11.1 Å². The average molecular weight is 208 g/mol. The molecule has 0 aromatic heterocycles. The van der Waals surface area contributed by atoms with E-state index >= 15 is 0 Å². The van der Waals surface area contributed by atoms with Crippen molar-refractivity contribution in [3.8, 4) is 0 Å². The standard InChI is InChI=1S/C8H8N2O2.C3H8/c9-7(11)5-1-2-6(4-3-5)8(10)12;1-3-2/h1-4H,(H2,9,11)(H2,10,12);3H2,1-2H3. The third-order valence-corrected chi connectivity index (χ3v) is 1.45. The van der Waals surface area contributed by atoms with Crippen LogP contribution in [-0.4, -0.2) is 11.8 Å². The van der Waals surface area contributed by atoms with Crippen molar-refractivity contribution in [3.63, 3.8) is 0 Å². The second-order valence-corrected chi connectivity index (χ2v) is 3.01. The molecule has 0 radical (unpaired) electrons. The molecule has 1 aromatic carbocycles. The highest BCUT2D eigenvalue weighted by Gasteiger charge is 2.02. The Labute approximate surface area is 89.3 Å². The van der Waals surface area contributed by atoms with Crippen molar-refractivity contribution in [3.05, 3.63) is 35.4 Å². The fourth-order valence-electron chi connectivity index (χ4n) is 0.799. The molecule has 15 heavy (non-hydrogen) atoms. The SMILES string of the molecule is CCC.NC(=O)c1ccc(C(N)=O)cc1. The number of primary amides is 2. The van der Waals surface area contributed by atoms with Gasteiger partial charge < -0.3 is 11.5 Å². The molecule has 4 nitrogen and oxygen atoms in total. The Morgan fingerprint density at radius 2 is 1.13 bits per heavy atom. The van der Waals surface area contributed by atoms with Crippen LogP contribution < -0.4 is 11.5 Å². The minimum Gasteiger partial charge on any atom is -0.366 e. The molecular formula is C11H16N2O2. The van der Waals surface area contributed by atoms with Crippen LogP contribution in [0.4, 0.5) is 0 Å². The maximum absolute atomic E-state index is 10.6. The second-order valence-electron chi connectivity index (χ2n) is 3.01. The van der Waals surface area contributed by atoms with E-state index < -0.39 is 11.8 Å². The van der Waals surface area contributed by atoms with Crippen molar-refractivity contribution in [2.45, 2.75) is 20.3 Å². The Morgan fingerprint density at radius 1 is 0.933 bits per heavy atom. The summed E-state index contributed by atoms with van der Waals surface area (Å²) in [6.45, 7) is 4.25. The molecule has 0 spiro atoms. The number of hydrogen-bond acceptors (Lipinski definition) is 2. The molecule has 0 fully saturated rings. The van der Waals surface area contributed by atoms with Gasteiger partial charge in [0.25, 0.3) is 0 Å². The summed E-state index contributed by atoms with van der Waals surface area (Å²) in [5.74, 6) is -1.04. The summed E-state index contributed by atoms with van der Waals surface area (Å²) in [4.78, 5) is 21.2. The Bertz CT molecular complexity index is 298. The molecule has 0 aliphatic rings. The highest BCUT2D eigenvalue weighted by molar-refractivity contribution is 5.96. The molecule has 0 atom stereocenters. The molecule has 2 amide bonds. The van der Waals surface area contributed by atoms with Gasteiger partial charge in [-0.15, -0.1) is 0 Å². The van der Waals surface area contributed by atoms with Gasteiger partial charge in [0.05, 0.1) is 0 Å². The van der Waals surface area contributed by atoms with Gasteiger partial charge in [-0.25, -0.2) is 0 Å². The molecule has 1 aromatic rings. The van der Waals surface area contributed by atoms with Crippen LogP contribution in [-0.2, 0) is 0 Å². The van der Waals surface area contributed by atoms with E-state index in [4.69, 9.17) is 11.5 Å². The van der Waals surface area contributed by atoms with E-state index in [0.717, 1.165) is 0 Å². The summed E-state index contributed by atoms with van der Waals surface area (Å²) in [5, 5.41) is 0. The van der Waals surface area contributed by atoms with E-state index in [2.05, 4.69) is 13.8 Å². The maximum atomic E-state index is 10.6. The van der Waals surface area contributed by atoms with Crippen LogP contribution >= 0.6 is 0 Å². The third-order valence-electron chi connectivity index (χ3n) is 1.45. The van der Waals surface area contributed by atoms with Crippen molar-refractivity contribution < 1.29 is 9.59 Å². The lowest BCUT2D eigenvalue weighted by Gasteiger charge is -1.96. The minimum atomic E-state index is -0.522. The van der Waals surface area contributed by atoms with E-state index in [1.54, 1.807) is 0 Å². The number of benzene rings is 1. The monoisotopic (exact) mass is 208 g/mol. The number of rotatable bonds is 2. The first-order chi connectivity index (χ1) is 7.02. The van der Waals surface area contributed by atoms with Gasteiger partial charge in [-0.2, -0.15) is 0 Å². The Balaban J connectivity index is 0.000000583. The summed E-state index contributed by atoms with van der Waals surface area (Å²) in [5.41, 5.74) is 10.7. The van der Waals surface area contributed by atoms with Crippen LogP contribution in [0.2, 0.25) is 0 Å². The van der Waals surface area contributed by atoms with Crippen molar-refractivity contribution in [2.24, 2.45) is 11.5 Å². The van der Waals surface area contributed by atoms with Crippen molar-refractivity contribution in [1.82, 2.24) is 0 Å². The van der Waals surface area contributed by atoms with Gasteiger partial charge in [-0.3, -0.25) is 9.59 Å². The van der Waals surface area contributed by atoms with E-state index in [1.165, 1.54) is 30.7 Å². The van der Waals surface area contributed by atoms with Crippen LogP contribution in [0.15, 0.2) is 24.3 Å². The molecule has 0 aliphatic heterocycles. The summed E-state index contributed by atoms with van der Waals surface area (Å²) in [6.07, 6.45) is 1.25. The molecule has 4 heteroatoms. The van der Waals surface area contributed by atoms with Crippen LogP contribution in [0.25, 0.3) is 0 Å². The van der Waals surface area contributed by atoms with Crippen LogP contribution in [0.5, 0.6) is 0 Å². The Morgan fingerprint density at radius 3 is 1.27 bits per heavy atom. The minimum absolute atomic E-state index is 0.361. The largest absolute Gasteiger partial charge is 0.366 e. The molecule has 0 unspecified atom stereocenters. The molecule has 0 heterocycles. The first-order valence-electron chi connectivity index (χ1n) is 4.72. The van der Waals surface area contributed by atoms with Crippen LogP contribution in [0.3, 0.4) is 0 Å². The molecule has 82 valence electrons. The topological polar surface area (TPSA) is 86.2 Å². The summed E-state index contributed by atoms with van der Waals surface area (Å²) in [7, 11) is 0. The van der Waals surface area contributed by atoms with E-state index in [1.807, 2.05) is 0 Å². The molecule has 0 saturated carbocycles. The molecular weight excluding hydrogens is 192 g/mol. The van der Waals surface area contributed by atoms with Gasteiger partial charge in [-0.05, 0) is 24.3 Å². The maximum Gasteiger partial charge on any atom is 0.248 e. The molecule has 4 N–H and O–H groups in total. The summed E-state index contributed by atoms with van der Waals surface area (Å²) in [6, 6.07) is 5.84. The zero-order chi connectivity index (χ0) is 11.8. The van der Waals surface area contributed by atoms with E-state index in [-0.39, 0.29) is 0 Å². The first-order valence-corrected chi connectivity index (χ1v) is 4.72. The third kappa shape index (κ3) is 4.81. The average Bonchev–Trinajstić information content (AvgIpc) is 2.19. The second kappa shape index (κ2) is 6.59.